The Kier molecular flexibility index (Phi) is 5.40. The number of rotatable bonds is 5. The van der Waals surface area contributed by atoms with Crippen molar-refractivity contribution in [1.82, 2.24) is 10.2 Å². The smallest absolute Gasteiger partial charge is 0.234 e. The standard InChI is InChI=1S/C14H19BrN2O3S/c1-17(8-11-2-4-12(15)5-3-11)9-14(18)16-13-6-7-21(19,20)10-13/h2-5,13H,6-10H2,1H3,(H,16,18)/t13-/m0/s1. The molecule has 0 unspecified atom stereocenters. The average molecular weight is 375 g/mol. The molecule has 1 aliphatic heterocycles. The number of halogens is 1. The third-order valence-corrected chi connectivity index (χ3v) is 5.67. The van der Waals surface area contributed by atoms with Crippen molar-refractivity contribution in [1.29, 1.82) is 0 Å². The maximum atomic E-state index is 11.9. The van der Waals surface area contributed by atoms with Gasteiger partial charge < -0.3 is 5.32 Å². The van der Waals surface area contributed by atoms with Gasteiger partial charge in [-0.1, -0.05) is 28.1 Å². The van der Waals surface area contributed by atoms with Crippen LogP contribution in [0.5, 0.6) is 0 Å². The first-order valence-corrected chi connectivity index (χ1v) is 9.38. The van der Waals surface area contributed by atoms with Crippen molar-refractivity contribution in [3.8, 4) is 0 Å². The van der Waals surface area contributed by atoms with Crippen molar-refractivity contribution >= 4 is 31.7 Å². The molecule has 0 aromatic heterocycles. The van der Waals surface area contributed by atoms with Gasteiger partial charge in [0.25, 0.3) is 0 Å². The molecule has 0 bridgehead atoms. The molecular weight excluding hydrogens is 356 g/mol. The summed E-state index contributed by atoms with van der Waals surface area (Å²) < 4.78 is 23.7. The van der Waals surface area contributed by atoms with Crippen LogP contribution < -0.4 is 5.32 Å². The number of carbonyl (C=O) groups is 1. The molecule has 21 heavy (non-hydrogen) atoms. The van der Waals surface area contributed by atoms with Gasteiger partial charge in [0.15, 0.2) is 9.84 Å². The third kappa shape index (κ3) is 5.41. The lowest BCUT2D eigenvalue weighted by molar-refractivity contribution is -0.122. The fraction of sp³-hybridized carbons (Fsp3) is 0.500. The molecule has 1 N–H and O–H groups in total. The summed E-state index contributed by atoms with van der Waals surface area (Å²) in [5.74, 6) is 0.110. The molecule has 116 valence electrons. The molecule has 5 nitrogen and oxygen atoms in total. The van der Waals surface area contributed by atoms with E-state index in [1.807, 2.05) is 36.2 Å². The van der Waals surface area contributed by atoms with E-state index in [-0.39, 0.29) is 30.0 Å². The van der Waals surface area contributed by atoms with E-state index < -0.39 is 9.84 Å². The molecule has 1 atom stereocenters. The van der Waals surface area contributed by atoms with Crippen LogP contribution >= 0.6 is 15.9 Å². The van der Waals surface area contributed by atoms with Crippen molar-refractivity contribution in [2.24, 2.45) is 0 Å². The number of benzene rings is 1. The number of amides is 1. The zero-order valence-electron chi connectivity index (χ0n) is 11.9. The van der Waals surface area contributed by atoms with Crippen molar-refractivity contribution in [2.45, 2.75) is 19.0 Å². The molecule has 0 aliphatic carbocycles. The minimum Gasteiger partial charge on any atom is -0.351 e. The fourth-order valence-electron chi connectivity index (χ4n) is 2.38. The molecule has 1 amide bonds. The second-order valence-corrected chi connectivity index (χ2v) is 8.61. The topological polar surface area (TPSA) is 66.5 Å². The van der Waals surface area contributed by atoms with Crippen LogP contribution in [0.4, 0.5) is 0 Å². The Hall–Kier alpha value is -0.920. The van der Waals surface area contributed by atoms with E-state index in [4.69, 9.17) is 0 Å². The molecule has 2 rings (SSSR count). The fourth-order valence-corrected chi connectivity index (χ4v) is 4.32. The number of nitrogens with one attached hydrogen (secondary N) is 1. The molecular formula is C14H19BrN2O3S. The van der Waals surface area contributed by atoms with E-state index in [0.29, 0.717) is 13.0 Å². The molecule has 0 radical (unpaired) electrons. The second kappa shape index (κ2) is 6.89. The quantitative estimate of drug-likeness (QED) is 0.840. The molecule has 0 saturated carbocycles. The lowest BCUT2D eigenvalue weighted by atomic mass is 10.2. The zero-order valence-corrected chi connectivity index (χ0v) is 14.3. The predicted molar refractivity (Wildman–Crippen MR) is 85.7 cm³/mol. The third-order valence-electron chi connectivity index (χ3n) is 3.38. The first-order valence-electron chi connectivity index (χ1n) is 6.77. The van der Waals surface area contributed by atoms with Gasteiger partial charge in [-0.15, -0.1) is 0 Å². The summed E-state index contributed by atoms with van der Waals surface area (Å²) in [5.41, 5.74) is 1.12. The zero-order chi connectivity index (χ0) is 15.5. The lowest BCUT2D eigenvalue weighted by Crippen LogP contribution is -2.41. The highest BCUT2D eigenvalue weighted by atomic mass is 79.9. The first-order chi connectivity index (χ1) is 9.84. The molecule has 1 aromatic rings. The number of likely N-dealkylation sites (N-methyl/N-ethyl adjacent to an activating group) is 1. The minimum atomic E-state index is -2.95. The highest BCUT2D eigenvalue weighted by Crippen LogP contribution is 2.12. The number of sulfone groups is 1. The highest BCUT2D eigenvalue weighted by molar-refractivity contribution is 9.10. The van der Waals surface area contributed by atoms with Gasteiger partial charge in [0, 0.05) is 17.1 Å². The molecule has 1 aromatic carbocycles. The average Bonchev–Trinajstić information content (AvgIpc) is 2.71. The van der Waals surface area contributed by atoms with Gasteiger partial charge in [-0.05, 0) is 31.2 Å². The van der Waals surface area contributed by atoms with E-state index >= 15 is 0 Å². The predicted octanol–water partition coefficient (Wildman–Crippen LogP) is 1.18. The van der Waals surface area contributed by atoms with Crippen molar-refractivity contribution in [3.63, 3.8) is 0 Å². The molecule has 1 aliphatic rings. The number of hydrogen-bond donors (Lipinski definition) is 1. The summed E-state index contributed by atoms with van der Waals surface area (Å²) >= 11 is 3.38. The summed E-state index contributed by atoms with van der Waals surface area (Å²) in [6.07, 6.45) is 0.518. The van der Waals surface area contributed by atoms with Gasteiger partial charge in [0.05, 0.1) is 18.1 Å². The lowest BCUT2D eigenvalue weighted by Gasteiger charge is -2.18. The largest absolute Gasteiger partial charge is 0.351 e. The van der Waals surface area contributed by atoms with Crippen molar-refractivity contribution in [2.75, 3.05) is 25.1 Å². The Labute approximate surface area is 133 Å². The van der Waals surface area contributed by atoms with Gasteiger partial charge >= 0.3 is 0 Å². The summed E-state index contributed by atoms with van der Waals surface area (Å²) in [4.78, 5) is 13.8. The van der Waals surface area contributed by atoms with Gasteiger partial charge in [-0.25, -0.2) is 8.42 Å². The van der Waals surface area contributed by atoms with Crippen LogP contribution in [-0.4, -0.2) is 50.4 Å². The van der Waals surface area contributed by atoms with Crippen LogP contribution in [0.2, 0.25) is 0 Å². The Morgan fingerprint density at radius 1 is 1.38 bits per heavy atom. The normalized spacial score (nSPS) is 20.6. The molecule has 1 fully saturated rings. The minimum absolute atomic E-state index is 0.0646. The van der Waals surface area contributed by atoms with E-state index in [9.17, 15) is 13.2 Å². The van der Waals surface area contributed by atoms with Gasteiger partial charge in [0.2, 0.25) is 5.91 Å². The monoisotopic (exact) mass is 374 g/mol. The maximum absolute atomic E-state index is 11.9. The Morgan fingerprint density at radius 3 is 2.62 bits per heavy atom. The summed E-state index contributed by atoms with van der Waals surface area (Å²) in [7, 11) is -1.09. The molecule has 1 saturated heterocycles. The van der Waals surface area contributed by atoms with Crippen LogP contribution in [0.1, 0.15) is 12.0 Å². The molecule has 1 heterocycles. The molecule has 0 spiro atoms. The maximum Gasteiger partial charge on any atom is 0.234 e. The van der Waals surface area contributed by atoms with Crippen LogP contribution in [-0.2, 0) is 21.2 Å². The van der Waals surface area contributed by atoms with Crippen molar-refractivity contribution in [3.05, 3.63) is 34.3 Å². The van der Waals surface area contributed by atoms with Crippen LogP contribution in [0.3, 0.4) is 0 Å². The first kappa shape index (κ1) is 16.5. The summed E-state index contributed by atoms with van der Waals surface area (Å²) in [5, 5.41) is 2.79. The highest BCUT2D eigenvalue weighted by Gasteiger charge is 2.28. The number of hydrogen-bond acceptors (Lipinski definition) is 4. The number of nitrogens with zero attached hydrogens (tertiary/aromatic N) is 1. The Balaban J connectivity index is 1.78. The van der Waals surface area contributed by atoms with Gasteiger partial charge in [0.1, 0.15) is 0 Å². The van der Waals surface area contributed by atoms with Crippen LogP contribution in [0.15, 0.2) is 28.7 Å². The van der Waals surface area contributed by atoms with Gasteiger partial charge in [-0.3, -0.25) is 9.69 Å². The van der Waals surface area contributed by atoms with Crippen LogP contribution in [0, 0.1) is 0 Å². The van der Waals surface area contributed by atoms with E-state index in [1.54, 1.807) is 0 Å². The molecule has 7 heteroatoms. The number of carbonyl (C=O) groups excluding carboxylic acids is 1. The van der Waals surface area contributed by atoms with E-state index in [2.05, 4.69) is 21.2 Å². The summed E-state index contributed by atoms with van der Waals surface area (Å²) in [6, 6.07) is 7.70. The Bertz CT molecular complexity index is 601. The van der Waals surface area contributed by atoms with Crippen LogP contribution in [0.25, 0.3) is 0 Å². The van der Waals surface area contributed by atoms with Crippen molar-refractivity contribution < 1.29 is 13.2 Å². The van der Waals surface area contributed by atoms with E-state index in [1.165, 1.54) is 0 Å². The SMILES string of the molecule is CN(CC(=O)N[C@H]1CCS(=O)(=O)C1)Cc1ccc(Br)cc1. The summed E-state index contributed by atoms with van der Waals surface area (Å²) in [6.45, 7) is 0.927. The van der Waals surface area contributed by atoms with Gasteiger partial charge in [-0.2, -0.15) is 0 Å². The Morgan fingerprint density at radius 2 is 2.05 bits per heavy atom. The van der Waals surface area contributed by atoms with E-state index in [0.717, 1.165) is 10.0 Å². The second-order valence-electron chi connectivity index (χ2n) is 5.47.